The Kier molecular flexibility index (Phi) is 7.34. The first kappa shape index (κ1) is 27.0. The monoisotopic (exact) mass is 551 g/mol. The van der Waals surface area contributed by atoms with Crippen molar-refractivity contribution in [2.75, 3.05) is 7.11 Å². The van der Waals surface area contributed by atoms with Crippen LogP contribution in [-0.2, 0) is 6.54 Å². The Morgan fingerprint density at radius 3 is 1.95 bits per heavy atom. The minimum Gasteiger partial charge on any atom is -0.497 e. The second kappa shape index (κ2) is 11.4. The van der Waals surface area contributed by atoms with Gasteiger partial charge in [0.2, 0.25) is 0 Å². The summed E-state index contributed by atoms with van der Waals surface area (Å²) in [4.78, 5) is 2.80. The van der Waals surface area contributed by atoms with Gasteiger partial charge < -0.3 is 4.74 Å². The molecule has 0 radical (unpaired) electrons. The van der Waals surface area contributed by atoms with Gasteiger partial charge >= 0.3 is 0 Å². The number of hydrogen-bond donors (Lipinski definition) is 0. The van der Waals surface area contributed by atoms with Crippen molar-refractivity contribution in [2.45, 2.75) is 70.5 Å². The summed E-state index contributed by atoms with van der Waals surface area (Å²) < 4.78 is 5.59. The number of rotatable bonds is 6. The SMILES string of the molecule is COc1ccc(CN2[C@H](c3ccccc3)c3c(C)ccc4ccc(C5CCCCC5)c(c34)[C@@H]2c2ccccc2)c(C)c1. The van der Waals surface area contributed by atoms with Crippen LogP contribution in [0.2, 0.25) is 0 Å². The van der Waals surface area contributed by atoms with Gasteiger partial charge in [-0.15, -0.1) is 0 Å². The number of nitrogens with zero attached hydrogens (tertiary/aromatic N) is 1. The molecule has 1 heterocycles. The van der Waals surface area contributed by atoms with Crippen LogP contribution in [0, 0.1) is 13.8 Å². The molecular weight excluding hydrogens is 510 g/mol. The highest BCUT2D eigenvalue weighted by atomic mass is 16.5. The standard InChI is InChI=1S/C40H41NO/c1-27-19-20-30-22-24-35(29-13-7-4-8-14-29)38-37(30)36(27)39(31-15-9-5-10-16-31)41(40(38)32-17-11-6-12-18-32)26-33-21-23-34(42-3)25-28(33)2/h5-6,9-12,15-25,29,39-40H,4,7-8,13-14,26H2,1-3H3/t39-,40+/m1/s1. The third-order valence-electron chi connectivity index (χ3n) is 9.91. The molecule has 1 aliphatic heterocycles. The molecular formula is C40H41NO. The first-order chi connectivity index (χ1) is 20.6. The molecule has 5 aromatic rings. The smallest absolute Gasteiger partial charge is 0.119 e. The average Bonchev–Trinajstić information content (AvgIpc) is 3.04. The Bertz CT molecular complexity index is 1700. The molecule has 2 heteroatoms. The fraction of sp³-hybridized carbons (Fsp3) is 0.300. The molecule has 1 saturated carbocycles. The molecule has 2 aliphatic rings. The maximum Gasteiger partial charge on any atom is 0.119 e. The zero-order valence-corrected chi connectivity index (χ0v) is 25.1. The number of ether oxygens (including phenoxy) is 1. The third kappa shape index (κ3) is 4.72. The molecule has 0 bridgehead atoms. The van der Waals surface area contributed by atoms with Gasteiger partial charge in [-0.1, -0.05) is 110 Å². The van der Waals surface area contributed by atoms with Crippen molar-refractivity contribution >= 4 is 10.8 Å². The zero-order valence-electron chi connectivity index (χ0n) is 25.1. The third-order valence-corrected chi connectivity index (χ3v) is 9.91. The van der Waals surface area contributed by atoms with E-state index in [0.29, 0.717) is 5.92 Å². The van der Waals surface area contributed by atoms with Crippen LogP contribution in [0.4, 0.5) is 0 Å². The van der Waals surface area contributed by atoms with Gasteiger partial charge in [0.25, 0.3) is 0 Å². The lowest BCUT2D eigenvalue weighted by atomic mass is 9.73. The highest BCUT2D eigenvalue weighted by molar-refractivity contribution is 5.93. The predicted molar refractivity (Wildman–Crippen MR) is 174 cm³/mol. The lowest BCUT2D eigenvalue weighted by molar-refractivity contribution is 0.164. The molecule has 0 N–H and O–H groups in total. The summed E-state index contributed by atoms with van der Waals surface area (Å²) in [7, 11) is 1.75. The minimum atomic E-state index is 0.135. The van der Waals surface area contributed by atoms with Crippen LogP contribution in [0.25, 0.3) is 10.8 Å². The van der Waals surface area contributed by atoms with E-state index in [2.05, 4.69) is 122 Å². The van der Waals surface area contributed by atoms with E-state index in [9.17, 15) is 0 Å². The molecule has 5 aromatic carbocycles. The van der Waals surface area contributed by atoms with Crippen LogP contribution < -0.4 is 4.74 Å². The summed E-state index contributed by atoms with van der Waals surface area (Å²) >= 11 is 0. The molecule has 0 aromatic heterocycles. The van der Waals surface area contributed by atoms with Crippen LogP contribution in [0.1, 0.15) is 94.6 Å². The summed E-state index contributed by atoms with van der Waals surface area (Å²) in [6, 6.07) is 39.0. The van der Waals surface area contributed by atoms with Crippen LogP contribution in [0.5, 0.6) is 5.75 Å². The van der Waals surface area contributed by atoms with Crippen molar-refractivity contribution < 1.29 is 4.74 Å². The molecule has 1 fully saturated rings. The maximum atomic E-state index is 5.59. The largest absolute Gasteiger partial charge is 0.497 e. The molecule has 0 unspecified atom stereocenters. The van der Waals surface area contributed by atoms with Crippen molar-refractivity contribution in [3.05, 3.63) is 148 Å². The second-order valence-corrected chi connectivity index (χ2v) is 12.4. The van der Waals surface area contributed by atoms with Crippen molar-refractivity contribution in [1.82, 2.24) is 4.90 Å². The Hall–Kier alpha value is -3.88. The molecule has 42 heavy (non-hydrogen) atoms. The van der Waals surface area contributed by atoms with E-state index < -0.39 is 0 Å². The van der Waals surface area contributed by atoms with Gasteiger partial charge in [0.05, 0.1) is 19.2 Å². The van der Waals surface area contributed by atoms with Crippen molar-refractivity contribution in [3.63, 3.8) is 0 Å². The number of hydrogen-bond acceptors (Lipinski definition) is 2. The molecule has 212 valence electrons. The summed E-state index contributed by atoms with van der Waals surface area (Å²) in [5.41, 5.74) is 11.3. The van der Waals surface area contributed by atoms with E-state index in [4.69, 9.17) is 4.74 Å². The van der Waals surface area contributed by atoms with E-state index in [1.54, 1.807) is 18.2 Å². The van der Waals surface area contributed by atoms with E-state index >= 15 is 0 Å². The summed E-state index contributed by atoms with van der Waals surface area (Å²) in [6.45, 7) is 5.40. The molecule has 0 amide bonds. The molecule has 2 nitrogen and oxygen atoms in total. The van der Waals surface area contributed by atoms with Gasteiger partial charge in [-0.25, -0.2) is 0 Å². The van der Waals surface area contributed by atoms with Crippen LogP contribution in [0.3, 0.4) is 0 Å². The normalized spacial score (nSPS) is 19.2. The van der Waals surface area contributed by atoms with Gasteiger partial charge in [-0.05, 0) is 100 Å². The average molecular weight is 552 g/mol. The van der Waals surface area contributed by atoms with Gasteiger partial charge in [0.15, 0.2) is 0 Å². The van der Waals surface area contributed by atoms with Crippen molar-refractivity contribution in [2.24, 2.45) is 0 Å². The topological polar surface area (TPSA) is 12.5 Å². The first-order valence-electron chi connectivity index (χ1n) is 15.7. The molecule has 7 rings (SSSR count). The highest BCUT2D eigenvalue weighted by Crippen LogP contribution is 2.53. The number of benzene rings is 5. The number of methoxy groups -OCH3 is 1. The summed E-state index contributed by atoms with van der Waals surface area (Å²) in [5.74, 6) is 1.54. The van der Waals surface area contributed by atoms with E-state index in [-0.39, 0.29) is 12.1 Å². The zero-order chi connectivity index (χ0) is 28.6. The van der Waals surface area contributed by atoms with Crippen LogP contribution in [-0.4, -0.2) is 12.0 Å². The Balaban J connectivity index is 1.55. The van der Waals surface area contributed by atoms with E-state index in [0.717, 1.165) is 12.3 Å². The van der Waals surface area contributed by atoms with E-state index in [1.165, 1.54) is 76.3 Å². The molecule has 0 spiro atoms. The Morgan fingerprint density at radius 2 is 1.31 bits per heavy atom. The second-order valence-electron chi connectivity index (χ2n) is 12.4. The number of aryl methyl sites for hydroxylation is 2. The lowest BCUT2D eigenvalue weighted by Gasteiger charge is -2.46. The minimum absolute atomic E-state index is 0.135. The summed E-state index contributed by atoms with van der Waals surface area (Å²) in [6.07, 6.45) is 6.62. The van der Waals surface area contributed by atoms with Gasteiger partial charge in [0, 0.05) is 6.54 Å². The van der Waals surface area contributed by atoms with Gasteiger partial charge in [-0.3, -0.25) is 4.90 Å². The molecule has 1 aliphatic carbocycles. The van der Waals surface area contributed by atoms with Crippen molar-refractivity contribution in [1.29, 1.82) is 0 Å². The van der Waals surface area contributed by atoms with Crippen LogP contribution >= 0.6 is 0 Å². The lowest BCUT2D eigenvalue weighted by Crippen LogP contribution is -2.38. The fourth-order valence-corrected chi connectivity index (χ4v) is 7.83. The Labute approximate surface area is 251 Å². The molecule has 0 saturated heterocycles. The first-order valence-corrected chi connectivity index (χ1v) is 15.7. The maximum absolute atomic E-state index is 5.59. The quantitative estimate of drug-likeness (QED) is 0.208. The molecule has 2 atom stereocenters. The van der Waals surface area contributed by atoms with E-state index in [1.807, 2.05) is 0 Å². The highest BCUT2D eigenvalue weighted by Gasteiger charge is 2.40. The summed E-state index contributed by atoms with van der Waals surface area (Å²) in [5, 5.41) is 2.86. The predicted octanol–water partition coefficient (Wildman–Crippen LogP) is 10.2. The van der Waals surface area contributed by atoms with Gasteiger partial charge in [-0.2, -0.15) is 0 Å². The Morgan fingerprint density at radius 1 is 0.667 bits per heavy atom. The fourth-order valence-electron chi connectivity index (χ4n) is 7.83. The van der Waals surface area contributed by atoms with Crippen molar-refractivity contribution in [3.8, 4) is 5.75 Å². The van der Waals surface area contributed by atoms with Gasteiger partial charge in [0.1, 0.15) is 5.75 Å². The van der Waals surface area contributed by atoms with Crippen LogP contribution in [0.15, 0.2) is 103 Å².